The first-order valence-electron chi connectivity index (χ1n) is 6.87. The number of anilines is 1. The summed E-state index contributed by atoms with van der Waals surface area (Å²) in [6.07, 6.45) is 0. The van der Waals surface area contributed by atoms with E-state index in [4.69, 9.17) is 21.1 Å². The normalized spacial score (nSPS) is 10.0. The van der Waals surface area contributed by atoms with E-state index in [9.17, 15) is 9.59 Å². The van der Waals surface area contributed by atoms with Gasteiger partial charge in [-0.15, -0.1) is 0 Å². The highest BCUT2D eigenvalue weighted by molar-refractivity contribution is 6.31. The van der Waals surface area contributed by atoms with Gasteiger partial charge in [0.1, 0.15) is 5.75 Å². The molecule has 0 aromatic heterocycles. The average molecular weight is 334 g/mol. The van der Waals surface area contributed by atoms with Gasteiger partial charge in [0.2, 0.25) is 0 Å². The van der Waals surface area contributed by atoms with Crippen LogP contribution in [0.2, 0.25) is 5.02 Å². The molecular formula is C17H16ClNO4. The number of amides is 1. The van der Waals surface area contributed by atoms with Crippen molar-refractivity contribution in [1.82, 2.24) is 0 Å². The SMILES string of the molecule is COc1ccc(C(=O)OCC(=O)Nc2cc(Cl)ccc2C)cc1. The number of halogens is 1. The van der Waals surface area contributed by atoms with Crippen LogP contribution in [-0.2, 0) is 9.53 Å². The molecule has 2 aromatic carbocycles. The van der Waals surface area contributed by atoms with Gasteiger partial charge in [-0.05, 0) is 48.9 Å². The molecule has 0 atom stereocenters. The monoisotopic (exact) mass is 333 g/mol. The molecule has 2 aromatic rings. The predicted molar refractivity (Wildman–Crippen MR) is 88.1 cm³/mol. The highest BCUT2D eigenvalue weighted by Gasteiger charge is 2.11. The minimum absolute atomic E-state index is 0.345. The second-order valence-electron chi connectivity index (χ2n) is 4.81. The van der Waals surface area contributed by atoms with Gasteiger partial charge in [-0.3, -0.25) is 4.79 Å². The molecule has 2 rings (SSSR count). The summed E-state index contributed by atoms with van der Waals surface area (Å²) in [4.78, 5) is 23.7. The first-order valence-corrected chi connectivity index (χ1v) is 7.24. The topological polar surface area (TPSA) is 64.6 Å². The molecule has 23 heavy (non-hydrogen) atoms. The summed E-state index contributed by atoms with van der Waals surface area (Å²) < 4.78 is 9.99. The molecule has 0 heterocycles. The van der Waals surface area contributed by atoms with Crippen molar-refractivity contribution in [3.63, 3.8) is 0 Å². The maximum absolute atomic E-state index is 11.9. The predicted octanol–water partition coefficient (Wildman–Crippen LogP) is 3.45. The maximum atomic E-state index is 11.9. The Bertz CT molecular complexity index is 713. The van der Waals surface area contributed by atoms with Crippen LogP contribution in [0.5, 0.6) is 5.75 Å². The summed E-state index contributed by atoms with van der Waals surface area (Å²) in [6, 6.07) is 11.6. The number of nitrogens with one attached hydrogen (secondary N) is 1. The number of hydrogen-bond acceptors (Lipinski definition) is 4. The van der Waals surface area contributed by atoms with E-state index in [-0.39, 0.29) is 6.61 Å². The Morgan fingerprint density at radius 2 is 1.83 bits per heavy atom. The quantitative estimate of drug-likeness (QED) is 0.851. The van der Waals surface area contributed by atoms with E-state index in [0.717, 1.165) is 5.56 Å². The second kappa shape index (κ2) is 7.65. The van der Waals surface area contributed by atoms with Crippen molar-refractivity contribution in [1.29, 1.82) is 0 Å². The Kier molecular flexibility index (Phi) is 5.60. The molecule has 1 N–H and O–H groups in total. The fourth-order valence-corrected chi connectivity index (χ4v) is 2.03. The lowest BCUT2D eigenvalue weighted by Gasteiger charge is -2.09. The summed E-state index contributed by atoms with van der Waals surface area (Å²) in [5, 5.41) is 3.17. The minimum atomic E-state index is -0.578. The Morgan fingerprint density at radius 3 is 2.48 bits per heavy atom. The molecule has 0 spiro atoms. The fraction of sp³-hybridized carbons (Fsp3) is 0.176. The lowest BCUT2D eigenvalue weighted by Crippen LogP contribution is -2.21. The maximum Gasteiger partial charge on any atom is 0.338 e. The molecule has 0 aliphatic heterocycles. The first-order chi connectivity index (χ1) is 11.0. The lowest BCUT2D eigenvalue weighted by molar-refractivity contribution is -0.119. The average Bonchev–Trinajstić information content (AvgIpc) is 2.56. The molecule has 0 fully saturated rings. The van der Waals surface area contributed by atoms with Gasteiger partial charge in [-0.25, -0.2) is 4.79 Å². The van der Waals surface area contributed by atoms with E-state index in [1.54, 1.807) is 42.5 Å². The molecular weight excluding hydrogens is 318 g/mol. The Morgan fingerprint density at radius 1 is 1.13 bits per heavy atom. The van der Waals surface area contributed by atoms with Gasteiger partial charge in [0.15, 0.2) is 6.61 Å². The third kappa shape index (κ3) is 4.72. The number of ether oxygens (including phenoxy) is 2. The Labute approximate surface area is 139 Å². The molecule has 1 amide bonds. The number of benzene rings is 2. The van der Waals surface area contributed by atoms with E-state index >= 15 is 0 Å². The number of carbonyl (C=O) groups is 2. The number of esters is 1. The number of hydrogen-bond donors (Lipinski definition) is 1. The van der Waals surface area contributed by atoms with Crippen molar-refractivity contribution in [3.05, 3.63) is 58.6 Å². The van der Waals surface area contributed by atoms with Gasteiger partial charge in [-0.2, -0.15) is 0 Å². The van der Waals surface area contributed by atoms with Gasteiger partial charge in [-0.1, -0.05) is 17.7 Å². The highest BCUT2D eigenvalue weighted by atomic mass is 35.5. The van der Waals surface area contributed by atoms with E-state index in [0.29, 0.717) is 22.0 Å². The lowest BCUT2D eigenvalue weighted by atomic mass is 10.2. The molecule has 0 aliphatic carbocycles. The van der Waals surface area contributed by atoms with E-state index in [2.05, 4.69) is 5.32 Å². The summed E-state index contributed by atoms with van der Waals surface area (Å²) >= 11 is 5.89. The summed E-state index contributed by atoms with van der Waals surface area (Å²) in [7, 11) is 1.54. The molecule has 0 saturated heterocycles. The van der Waals surface area contributed by atoms with Gasteiger partial charge in [0.05, 0.1) is 12.7 Å². The molecule has 0 aliphatic rings. The fourth-order valence-electron chi connectivity index (χ4n) is 1.86. The van der Waals surface area contributed by atoms with Gasteiger partial charge in [0, 0.05) is 10.7 Å². The second-order valence-corrected chi connectivity index (χ2v) is 5.25. The third-order valence-corrected chi connectivity index (χ3v) is 3.37. The van der Waals surface area contributed by atoms with Gasteiger partial charge < -0.3 is 14.8 Å². The third-order valence-electron chi connectivity index (χ3n) is 3.13. The van der Waals surface area contributed by atoms with Crippen molar-refractivity contribution in [3.8, 4) is 5.75 Å². The number of rotatable bonds is 5. The molecule has 6 heteroatoms. The van der Waals surface area contributed by atoms with Crippen LogP contribution in [0.3, 0.4) is 0 Å². The van der Waals surface area contributed by atoms with Crippen molar-refractivity contribution in [2.75, 3.05) is 19.0 Å². The van der Waals surface area contributed by atoms with E-state index in [1.807, 2.05) is 6.92 Å². The number of carbonyl (C=O) groups excluding carboxylic acids is 2. The number of aryl methyl sites for hydroxylation is 1. The van der Waals surface area contributed by atoms with Crippen LogP contribution in [0.1, 0.15) is 15.9 Å². The molecule has 0 unspecified atom stereocenters. The minimum Gasteiger partial charge on any atom is -0.497 e. The Balaban J connectivity index is 1.90. The van der Waals surface area contributed by atoms with Crippen LogP contribution < -0.4 is 10.1 Å². The van der Waals surface area contributed by atoms with Crippen LogP contribution in [-0.4, -0.2) is 25.6 Å². The van der Waals surface area contributed by atoms with Crippen LogP contribution in [0.4, 0.5) is 5.69 Å². The first kappa shape index (κ1) is 16.8. The summed E-state index contributed by atoms with van der Waals surface area (Å²) in [6.45, 7) is 1.46. The van der Waals surface area contributed by atoms with Crippen molar-refractivity contribution in [2.24, 2.45) is 0 Å². The van der Waals surface area contributed by atoms with Crippen LogP contribution in [0.15, 0.2) is 42.5 Å². The van der Waals surface area contributed by atoms with Crippen LogP contribution in [0.25, 0.3) is 0 Å². The van der Waals surface area contributed by atoms with Crippen molar-refractivity contribution < 1.29 is 19.1 Å². The van der Waals surface area contributed by atoms with Crippen molar-refractivity contribution >= 4 is 29.2 Å². The molecule has 5 nitrogen and oxygen atoms in total. The van der Waals surface area contributed by atoms with Crippen molar-refractivity contribution in [2.45, 2.75) is 6.92 Å². The summed E-state index contributed by atoms with van der Waals surface area (Å²) in [5.41, 5.74) is 1.80. The standard InChI is InChI=1S/C17H16ClNO4/c1-11-3-6-13(18)9-15(11)19-16(20)10-23-17(21)12-4-7-14(22-2)8-5-12/h3-9H,10H2,1-2H3,(H,19,20). The zero-order valence-corrected chi connectivity index (χ0v) is 13.5. The van der Waals surface area contributed by atoms with Gasteiger partial charge >= 0.3 is 5.97 Å². The highest BCUT2D eigenvalue weighted by Crippen LogP contribution is 2.20. The van der Waals surface area contributed by atoms with Crippen LogP contribution >= 0.6 is 11.6 Å². The Hall–Kier alpha value is -2.53. The zero-order valence-electron chi connectivity index (χ0n) is 12.8. The zero-order chi connectivity index (χ0) is 16.8. The molecule has 0 radical (unpaired) electrons. The molecule has 0 saturated carbocycles. The molecule has 120 valence electrons. The summed E-state index contributed by atoms with van der Waals surface area (Å²) in [5.74, 6) is -0.376. The van der Waals surface area contributed by atoms with E-state index < -0.39 is 11.9 Å². The van der Waals surface area contributed by atoms with E-state index in [1.165, 1.54) is 7.11 Å². The smallest absolute Gasteiger partial charge is 0.338 e. The number of methoxy groups -OCH3 is 1. The van der Waals surface area contributed by atoms with Gasteiger partial charge in [0.25, 0.3) is 5.91 Å². The molecule has 0 bridgehead atoms. The largest absolute Gasteiger partial charge is 0.497 e. The van der Waals surface area contributed by atoms with Crippen LogP contribution in [0, 0.1) is 6.92 Å².